The number of pyridine rings is 1. The fourth-order valence-corrected chi connectivity index (χ4v) is 4.18. The Hall–Kier alpha value is -4.31. The maximum absolute atomic E-state index is 11.2. The van der Waals surface area contributed by atoms with Gasteiger partial charge in [0.2, 0.25) is 0 Å². The highest BCUT2D eigenvalue weighted by molar-refractivity contribution is 6.32. The zero-order valence-corrected chi connectivity index (χ0v) is 19.9. The van der Waals surface area contributed by atoms with E-state index in [-0.39, 0.29) is 6.10 Å². The minimum atomic E-state index is -0.955. The summed E-state index contributed by atoms with van der Waals surface area (Å²) < 4.78 is 11.8. The number of anilines is 3. The van der Waals surface area contributed by atoms with E-state index in [2.05, 4.69) is 20.3 Å². The molecule has 1 amide bonds. The Bertz CT molecular complexity index is 1400. The Balaban J connectivity index is 1.31. The van der Waals surface area contributed by atoms with Crippen molar-refractivity contribution in [3.63, 3.8) is 0 Å². The number of aromatic nitrogens is 3. The highest BCUT2D eigenvalue weighted by Crippen LogP contribution is 2.34. The molecule has 0 aliphatic carbocycles. The van der Waals surface area contributed by atoms with Crippen molar-refractivity contribution in [2.45, 2.75) is 19.1 Å². The number of ether oxygens (including phenoxy) is 2. The summed E-state index contributed by atoms with van der Waals surface area (Å²) in [5.41, 5.74) is 8.82. The predicted molar refractivity (Wildman–Crippen MR) is 136 cm³/mol. The minimum Gasteiger partial charge on any atom is -0.486 e. The molecule has 1 saturated heterocycles. The van der Waals surface area contributed by atoms with Crippen molar-refractivity contribution >= 4 is 45.8 Å². The van der Waals surface area contributed by atoms with Crippen molar-refractivity contribution in [3.8, 4) is 11.5 Å². The first-order chi connectivity index (χ1) is 17.5. The van der Waals surface area contributed by atoms with Crippen LogP contribution in [-0.2, 0) is 6.61 Å². The number of hydrogen-bond acceptors (Lipinski definition) is 8. The lowest BCUT2D eigenvalue weighted by molar-refractivity contribution is 0.146. The van der Waals surface area contributed by atoms with Gasteiger partial charge in [0.1, 0.15) is 36.4 Å². The van der Waals surface area contributed by atoms with Gasteiger partial charge >= 0.3 is 6.09 Å². The number of hydrogen-bond donors (Lipinski definition) is 3. The first-order valence-electron chi connectivity index (χ1n) is 11.2. The summed E-state index contributed by atoms with van der Waals surface area (Å²) >= 11 is 6.44. The van der Waals surface area contributed by atoms with Crippen LogP contribution in [0.25, 0.3) is 10.9 Å². The number of nitrogen functional groups attached to an aromatic ring is 1. The molecule has 4 aromatic rings. The number of rotatable bonds is 7. The Morgan fingerprint density at radius 1 is 1.17 bits per heavy atom. The number of fused-ring (bicyclic) bond motifs is 1. The fraction of sp³-hybridized carbons (Fsp3) is 0.200. The lowest BCUT2D eigenvalue weighted by Gasteiger charge is -2.17. The molecule has 1 atom stereocenters. The highest BCUT2D eigenvalue weighted by atomic mass is 35.5. The van der Waals surface area contributed by atoms with Crippen LogP contribution in [0, 0.1) is 0 Å². The van der Waals surface area contributed by atoms with Gasteiger partial charge in [-0.05, 0) is 36.4 Å². The van der Waals surface area contributed by atoms with Crippen LogP contribution in [0.1, 0.15) is 12.1 Å². The van der Waals surface area contributed by atoms with Gasteiger partial charge in [0, 0.05) is 36.3 Å². The number of likely N-dealkylation sites (tertiary alicyclic amines) is 1. The van der Waals surface area contributed by atoms with Crippen LogP contribution < -0.4 is 20.5 Å². The average Bonchev–Trinajstić information content (AvgIpc) is 3.34. The number of carboxylic acid groups (broad SMARTS) is 1. The van der Waals surface area contributed by atoms with Crippen molar-refractivity contribution in [2.24, 2.45) is 0 Å². The number of nitrogens with two attached hydrogens (primary N) is 1. The van der Waals surface area contributed by atoms with Gasteiger partial charge in [-0.2, -0.15) is 0 Å². The topological polar surface area (TPSA) is 136 Å². The molecule has 4 N–H and O–H groups in total. The van der Waals surface area contributed by atoms with Crippen LogP contribution >= 0.6 is 11.6 Å². The molecule has 1 aliphatic heterocycles. The summed E-state index contributed by atoms with van der Waals surface area (Å²) in [4.78, 5) is 25.4. The molecule has 2 aromatic heterocycles. The van der Waals surface area contributed by atoms with Crippen LogP contribution in [0.5, 0.6) is 11.5 Å². The summed E-state index contributed by atoms with van der Waals surface area (Å²) in [5, 5.41) is 13.6. The van der Waals surface area contributed by atoms with E-state index in [1.807, 2.05) is 24.3 Å². The van der Waals surface area contributed by atoms with Crippen molar-refractivity contribution in [3.05, 3.63) is 71.8 Å². The molecule has 36 heavy (non-hydrogen) atoms. The third kappa shape index (κ3) is 5.18. The van der Waals surface area contributed by atoms with Crippen LogP contribution in [0.3, 0.4) is 0 Å². The Morgan fingerprint density at radius 2 is 2.06 bits per heavy atom. The standard InChI is InChI=1S/C25H23ClN6O4/c26-19-9-15(4-5-22(19)35-13-16-3-1-2-7-28-16)31-24-18-10-20(27)23(11-21(18)29-14-30-24)36-17-6-8-32(12-17)25(33)34/h1-5,7,9-11,14,17H,6,8,12-13,27H2,(H,33,34)(H,29,30,31). The minimum absolute atomic E-state index is 0.263. The molecule has 1 aliphatic rings. The smallest absolute Gasteiger partial charge is 0.407 e. The summed E-state index contributed by atoms with van der Waals surface area (Å²) in [6.07, 6.45) is 2.54. The first-order valence-corrected chi connectivity index (χ1v) is 11.6. The number of amides is 1. The monoisotopic (exact) mass is 506 g/mol. The van der Waals surface area contributed by atoms with Gasteiger partial charge < -0.3 is 30.5 Å². The van der Waals surface area contributed by atoms with Crippen LogP contribution in [-0.4, -0.2) is 50.2 Å². The van der Waals surface area contributed by atoms with Gasteiger partial charge in [-0.1, -0.05) is 17.7 Å². The average molecular weight is 507 g/mol. The van der Waals surface area contributed by atoms with Crippen molar-refractivity contribution in [1.29, 1.82) is 0 Å². The quantitative estimate of drug-likeness (QED) is 0.304. The molecule has 11 heteroatoms. The molecule has 0 bridgehead atoms. The van der Waals surface area contributed by atoms with Crippen LogP contribution in [0.2, 0.25) is 5.02 Å². The molecular formula is C25H23ClN6O4. The van der Waals surface area contributed by atoms with E-state index in [1.165, 1.54) is 11.2 Å². The van der Waals surface area contributed by atoms with E-state index in [4.69, 9.17) is 31.9 Å². The van der Waals surface area contributed by atoms with Crippen LogP contribution in [0.15, 0.2) is 61.1 Å². The molecule has 0 saturated carbocycles. The Labute approximate surface area is 211 Å². The third-order valence-corrected chi connectivity index (χ3v) is 6.07. The van der Waals surface area contributed by atoms with Gasteiger partial charge in [-0.15, -0.1) is 0 Å². The number of nitrogens with zero attached hydrogens (tertiary/aromatic N) is 4. The van der Waals surface area contributed by atoms with Crippen molar-refractivity contribution in [2.75, 3.05) is 24.1 Å². The number of carbonyl (C=O) groups is 1. The summed E-state index contributed by atoms with van der Waals surface area (Å²) in [7, 11) is 0. The largest absolute Gasteiger partial charge is 0.486 e. The van der Waals surface area contributed by atoms with E-state index in [0.29, 0.717) is 70.7 Å². The Morgan fingerprint density at radius 3 is 2.81 bits per heavy atom. The number of nitrogens with one attached hydrogen (secondary N) is 1. The molecule has 184 valence electrons. The van der Waals surface area contributed by atoms with Gasteiger partial charge in [-0.25, -0.2) is 14.8 Å². The molecule has 10 nitrogen and oxygen atoms in total. The zero-order valence-electron chi connectivity index (χ0n) is 19.1. The van der Waals surface area contributed by atoms with Crippen LogP contribution in [0.4, 0.5) is 22.0 Å². The highest BCUT2D eigenvalue weighted by Gasteiger charge is 2.28. The Kier molecular flexibility index (Phi) is 6.59. The molecule has 3 heterocycles. The lowest BCUT2D eigenvalue weighted by Crippen LogP contribution is -2.29. The molecule has 0 spiro atoms. The zero-order chi connectivity index (χ0) is 25.1. The molecule has 0 radical (unpaired) electrons. The van der Waals surface area contributed by atoms with E-state index in [9.17, 15) is 4.79 Å². The third-order valence-electron chi connectivity index (χ3n) is 5.77. The predicted octanol–water partition coefficient (Wildman–Crippen LogP) is 4.71. The van der Waals surface area contributed by atoms with Crippen molar-refractivity contribution in [1.82, 2.24) is 19.9 Å². The van der Waals surface area contributed by atoms with Gasteiger partial charge in [0.25, 0.3) is 0 Å². The first kappa shape index (κ1) is 23.4. The second-order valence-electron chi connectivity index (χ2n) is 8.27. The molecule has 1 fully saturated rings. The van der Waals surface area contributed by atoms with Crippen molar-refractivity contribution < 1.29 is 19.4 Å². The number of benzene rings is 2. The second-order valence-corrected chi connectivity index (χ2v) is 8.67. The van der Waals surface area contributed by atoms with E-state index < -0.39 is 6.09 Å². The fourth-order valence-electron chi connectivity index (χ4n) is 3.95. The SMILES string of the molecule is Nc1cc2c(Nc3ccc(OCc4ccccn4)c(Cl)c3)ncnc2cc1OC1CCN(C(=O)O)C1. The summed E-state index contributed by atoms with van der Waals surface area (Å²) in [6, 6.07) is 14.5. The van der Waals surface area contributed by atoms with E-state index in [0.717, 1.165) is 5.69 Å². The molecular weight excluding hydrogens is 484 g/mol. The maximum atomic E-state index is 11.2. The normalized spacial score (nSPS) is 15.1. The lowest BCUT2D eigenvalue weighted by atomic mass is 10.2. The second kappa shape index (κ2) is 10.1. The summed E-state index contributed by atoms with van der Waals surface area (Å²) in [6.45, 7) is 1.04. The van der Waals surface area contributed by atoms with Gasteiger partial charge in [-0.3, -0.25) is 4.98 Å². The van der Waals surface area contributed by atoms with E-state index in [1.54, 1.807) is 30.5 Å². The number of halogens is 1. The molecule has 1 unspecified atom stereocenters. The maximum Gasteiger partial charge on any atom is 0.407 e. The van der Waals surface area contributed by atoms with E-state index >= 15 is 0 Å². The van der Waals surface area contributed by atoms with Gasteiger partial charge in [0.05, 0.1) is 28.5 Å². The van der Waals surface area contributed by atoms with Gasteiger partial charge in [0.15, 0.2) is 0 Å². The molecule has 2 aromatic carbocycles. The molecule has 5 rings (SSSR count). The summed E-state index contributed by atoms with van der Waals surface area (Å²) in [5.74, 6) is 1.55.